The molecule has 0 spiro atoms. The molecular formula is AlFeMnNi. The Bertz CT molecular complexity index is 8.00. The smallest absolute Gasteiger partial charge is 0 e. The normalized spacial score (nSPS) is 0. The van der Waals surface area contributed by atoms with E-state index >= 15 is 0 Å². The zero-order valence-electron chi connectivity index (χ0n) is 1.63. The van der Waals surface area contributed by atoms with Gasteiger partial charge in [0.15, 0.2) is 0 Å². The second-order valence-electron chi connectivity index (χ2n) is 0. The van der Waals surface area contributed by atoms with Gasteiger partial charge < -0.3 is 0 Å². The zero-order chi connectivity index (χ0) is 0. The molecule has 4 heteroatoms. The van der Waals surface area contributed by atoms with E-state index in [1.165, 1.54) is 0 Å². The van der Waals surface area contributed by atoms with Crippen LogP contribution >= 0.6 is 0 Å². The Morgan fingerprint density at radius 3 is 1.00 bits per heavy atom. The standard InChI is InChI=1S/Al.Fe.Mn.Ni. The number of hydrogen-bond acceptors (Lipinski definition) is 0. The van der Waals surface area contributed by atoms with Crippen LogP contribution in [-0.4, -0.2) is 17.4 Å². The van der Waals surface area contributed by atoms with Gasteiger partial charge in [0.25, 0.3) is 0 Å². The Kier molecular flexibility index (Phi) is 179. The van der Waals surface area contributed by atoms with E-state index in [-0.39, 0.29) is 68.0 Å². The van der Waals surface area contributed by atoms with Crippen molar-refractivity contribution in [2.45, 2.75) is 0 Å². The Balaban J connectivity index is 0. The molecule has 4 heavy (non-hydrogen) atoms. The van der Waals surface area contributed by atoms with E-state index in [9.17, 15) is 0 Å². The van der Waals surface area contributed by atoms with Crippen molar-refractivity contribution >= 4 is 17.4 Å². The summed E-state index contributed by atoms with van der Waals surface area (Å²) in [7, 11) is 0. The topological polar surface area (TPSA) is 0 Å². The minimum atomic E-state index is 0. The number of hydrogen-bond donors (Lipinski definition) is 0. The van der Waals surface area contributed by atoms with Gasteiger partial charge >= 0.3 is 0 Å². The summed E-state index contributed by atoms with van der Waals surface area (Å²) in [4.78, 5) is 0. The molecule has 0 aromatic heterocycles. The van der Waals surface area contributed by atoms with Crippen molar-refractivity contribution in [2.75, 3.05) is 0 Å². The van der Waals surface area contributed by atoms with E-state index in [0.29, 0.717) is 0 Å². The third kappa shape index (κ3) is 8.96. The second-order valence-corrected chi connectivity index (χ2v) is 0. The summed E-state index contributed by atoms with van der Waals surface area (Å²) >= 11 is 0. The zero-order valence-corrected chi connectivity index (χ0v) is 6.05. The molecule has 0 aliphatic rings. The predicted molar refractivity (Wildman–Crippen MR) is 5.75 cm³/mol. The molecule has 0 unspecified atom stereocenters. The van der Waals surface area contributed by atoms with Crippen LogP contribution in [0.3, 0.4) is 0 Å². The first-order valence-corrected chi connectivity index (χ1v) is 0. The van der Waals surface area contributed by atoms with Crippen LogP contribution in [-0.2, 0) is 50.6 Å². The molecule has 0 fully saturated rings. The monoisotopic (exact) mass is 196 g/mol. The molecule has 0 heterocycles. The van der Waals surface area contributed by atoms with Crippen LogP contribution in [0.1, 0.15) is 0 Å². The Labute approximate surface area is 67.5 Å². The van der Waals surface area contributed by atoms with Crippen molar-refractivity contribution in [1.29, 1.82) is 0 Å². The molecule has 0 aliphatic carbocycles. The first kappa shape index (κ1) is 36.5. The Morgan fingerprint density at radius 1 is 1.00 bits per heavy atom. The molecule has 0 aromatic rings. The van der Waals surface area contributed by atoms with Crippen molar-refractivity contribution in [3.05, 3.63) is 0 Å². The minimum absolute atomic E-state index is 0. The van der Waals surface area contributed by atoms with Gasteiger partial charge in [-0.3, -0.25) is 0 Å². The molecule has 0 saturated heterocycles. The average Bonchev–Trinajstić information content (AvgIpc) is 0. The van der Waals surface area contributed by atoms with E-state index in [0.717, 1.165) is 0 Å². The van der Waals surface area contributed by atoms with Crippen LogP contribution in [0.2, 0.25) is 0 Å². The van der Waals surface area contributed by atoms with Crippen LogP contribution in [0, 0.1) is 0 Å². The van der Waals surface area contributed by atoms with E-state index in [4.69, 9.17) is 0 Å². The minimum Gasteiger partial charge on any atom is 0 e. The van der Waals surface area contributed by atoms with Gasteiger partial charge in [0, 0.05) is 68.0 Å². The third-order valence-electron chi connectivity index (χ3n) is 0. The van der Waals surface area contributed by atoms with Gasteiger partial charge in [0.2, 0.25) is 0 Å². The van der Waals surface area contributed by atoms with Crippen LogP contribution < -0.4 is 0 Å². The fourth-order valence-electron chi connectivity index (χ4n) is 0. The van der Waals surface area contributed by atoms with Crippen LogP contribution in [0.5, 0.6) is 0 Å². The summed E-state index contributed by atoms with van der Waals surface area (Å²) in [5, 5.41) is 0. The van der Waals surface area contributed by atoms with Crippen molar-refractivity contribution in [3.63, 3.8) is 0 Å². The van der Waals surface area contributed by atoms with Crippen LogP contribution in [0.4, 0.5) is 0 Å². The van der Waals surface area contributed by atoms with Gasteiger partial charge in [-0.15, -0.1) is 0 Å². The SMILES string of the molecule is [Al].[Fe].[Mn].[Ni]. The fourth-order valence-corrected chi connectivity index (χ4v) is 0. The molecule has 0 saturated carbocycles. The molecular weight excluding hydrogens is 196 g/mol. The average molecular weight is 196 g/mol. The van der Waals surface area contributed by atoms with E-state index in [1.54, 1.807) is 0 Å². The molecule has 0 N–H and O–H groups in total. The third-order valence-corrected chi connectivity index (χ3v) is 0. The van der Waals surface area contributed by atoms with Crippen molar-refractivity contribution in [2.24, 2.45) is 0 Å². The van der Waals surface area contributed by atoms with Crippen molar-refractivity contribution < 1.29 is 50.6 Å². The largest absolute Gasteiger partial charge is 0 e. The summed E-state index contributed by atoms with van der Waals surface area (Å²) in [5.74, 6) is 0. The molecule has 4 radical (unpaired) electrons. The first-order chi connectivity index (χ1) is 0. The van der Waals surface area contributed by atoms with Crippen LogP contribution in [0.15, 0.2) is 0 Å². The Hall–Kier alpha value is 2.06. The Morgan fingerprint density at radius 2 is 1.00 bits per heavy atom. The van der Waals surface area contributed by atoms with E-state index in [2.05, 4.69) is 0 Å². The molecule has 28 valence electrons. The molecule has 0 bridgehead atoms. The van der Waals surface area contributed by atoms with Gasteiger partial charge in [-0.2, -0.15) is 0 Å². The first-order valence-electron chi connectivity index (χ1n) is 0. The predicted octanol–water partition coefficient (Wildman–Crippen LogP) is -0.388. The summed E-state index contributed by atoms with van der Waals surface area (Å²) < 4.78 is 0. The number of rotatable bonds is 0. The van der Waals surface area contributed by atoms with Gasteiger partial charge in [0.1, 0.15) is 0 Å². The van der Waals surface area contributed by atoms with Crippen molar-refractivity contribution in [1.82, 2.24) is 0 Å². The van der Waals surface area contributed by atoms with Gasteiger partial charge in [-0.25, -0.2) is 0 Å². The molecule has 0 amide bonds. The maximum absolute atomic E-state index is 0. The van der Waals surface area contributed by atoms with Gasteiger partial charge in [-0.05, 0) is 0 Å². The van der Waals surface area contributed by atoms with Gasteiger partial charge in [0.05, 0.1) is 0 Å². The maximum Gasteiger partial charge on any atom is 0 e. The summed E-state index contributed by atoms with van der Waals surface area (Å²) in [5.41, 5.74) is 0. The van der Waals surface area contributed by atoms with Crippen molar-refractivity contribution in [3.8, 4) is 0 Å². The van der Waals surface area contributed by atoms with E-state index < -0.39 is 0 Å². The molecule has 0 aliphatic heterocycles. The maximum atomic E-state index is 0. The summed E-state index contributed by atoms with van der Waals surface area (Å²) in [6, 6.07) is 0. The molecule has 0 atom stereocenters. The quantitative estimate of drug-likeness (QED) is 0.463. The molecule has 0 rings (SSSR count). The van der Waals surface area contributed by atoms with Crippen LogP contribution in [0.25, 0.3) is 0 Å². The van der Waals surface area contributed by atoms with Gasteiger partial charge in [-0.1, -0.05) is 0 Å². The molecule has 0 aromatic carbocycles. The van der Waals surface area contributed by atoms with E-state index in [1.807, 2.05) is 0 Å². The molecule has 0 nitrogen and oxygen atoms in total. The summed E-state index contributed by atoms with van der Waals surface area (Å²) in [6.45, 7) is 0. The fraction of sp³-hybridized carbons (Fsp3) is 0. The summed E-state index contributed by atoms with van der Waals surface area (Å²) in [6.07, 6.45) is 0. The second kappa shape index (κ2) is 19.6.